The molecule has 0 saturated heterocycles. The first-order valence-electron chi connectivity index (χ1n) is 3.83. The van der Waals surface area contributed by atoms with E-state index in [1.807, 2.05) is 0 Å². The van der Waals surface area contributed by atoms with Crippen molar-refractivity contribution in [1.29, 1.82) is 0 Å². The normalized spacial score (nSPS) is 9.79. The van der Waals surface area contributed by atoms with Gasteiger partial charge < -0.3 is 4.74 Å². The Morgan fingerprint density at radius 3 is 2.93 bits per heavy atom. The number of nitrogens with zero attached hydrogens (tertiary/aromatic N) is 3. The van der Waals surface area contributed by atoms with E-state index in [-0.39, 0.29) is 0 Å². The Bertz CT molecular complexity index is 421. The van der Waals surface area contributed by atoms with Gasteiger partial charge >= 0.3 is 0 Å². The van der Waals surface area contributed by atoms with Gasteiger partial charge in [0.1, 0.15) is 11.5 Å². The van der Waals surface area contributed by atoms with Crippen LogP contribution in [0.1, 0.15) is 0 Å². The highest BCUT2D eigenvalue weighted by Gasteiger charge is 1.99. The van der Waals surface area contributed by atoms with Crippen molar-refractivity contribution in [2.45, 2.75) is 0 Å². The van der Waals surface area contributed by atoms with Crippen molar-refractivity contribution in [2.24, 2.45) is 0 Å². The lowest BCUT2D eigenvalue weighted by Gasteiger charge is -2.01. The molecule has 0 amide bonds. The Kier molecular flexibility index (Phi) is 2.55. The summed E-state index contributed by atoms with van der Waals surface area (Å²) in [6, 6.07) is 6.62. The maximum absolute atomic E-state index is 5.68. The van der Waals surface area contributed by atoms with Gasteiger partial charge in [0.15, 0.2) is 0 Å². The molecule has 2 heterocycles. The first kappa shape index (κ1) is 8.90. The summed E-state index contributed by atoms with van der Waals surface area (Å²) in [5.41, 5.74) is 0. The average molecular weight is 207 g/mol. The number of hydrogen-bond acceptors (Lipinski definition) is 4. The van der Waals surface area contributed by atoms with E-state index in [1.165, 1.54) is 12.4 Å². The van der Waals surface area contributed by atoms with Crippen LogP contribution in [-0.2, 0) is 0 Å². The van der Waals surface area contributed by atoms with Crippen LogP contribution in [0.3, 0.4) is 0 Å². The summed E-state index contributed by atoms with van der Waals surface area (Å²) < 4.78 is 5.28. The minimum atomic E-state index is 0.375. The predicted molar refractivity (Wildman–Crippen MR) is 50.2 cm³/mol. The smallest absolute Gasteiger partial charge is 0.224 e. The van der Waals surface area contributed by atoms with Gasteiger partial charge in [-0.05, 0) is 6.07 Å². The van der Waals surface area contributed by atoms with E-state index in [4.69, 9.17) is 16.3 Å². The number of aromatic nitrogens is 3. The van der Waals surface area contributed by atoms with Gasteiger partial charge in [-0.15, -0.1) is 0 Å². The topological polar surface area (TPSA) is 47.9 Å². The van der Waals surface area contributed by atoms with Crippen molar-refractivity contribution in [3.05, 3.63) is 41.9 Å². The van der Waals surface area contributed by atoms with E-state index in [2.05, 4.69) is 21.1 Å². The molecule has 2 aromatic rings. The second kappa shape index (κ2) is 4.02. The van der Waals surface area contributed by atoms with Crippen LogP contribution in [0.25, 0.3) is 0 Å². The Morgan fingerprint density at radius 1 is 1.29 bits per heavy atom. The van der Waals surface area contributed by atoms with Crippen LogP contribution in [0.4, 0.5) is 0 Å². The minimum absolute atomic E-state index is 0.375. The van der Waals surface area contributed by atoms with Crippen molar-refractivity contribution in [3.63, 3.8) is 0 Å². The van der Waals surface area contributed by atoms with Gasteiger partial charge in [-0.2, -0.15) is 0 Å². The number of rotatable bonds is 2. The van der Waals surface area contributed by atoms with Gasteiger partial charge in [0.25, 0.3) is 0 Å². The van der Waals surface area contributed by atoms with Crippen molar-refractivity contribution in [3.8, 4) is 11.8 Å². The van der Waals surface area contributed by atoms with Gasteiger partial charge in [0.2, 0.25) is 11.8 Å². The molecule has 1 radical (unpaired) electrons. The summed E-state index contributed by atoms with van der Waals surface area (Å²) >= 11 is 5.68. The lowest BCUT2D eigenvalue weighted by molar-refractivity contribution is 0.443. The first-order valence-corrected chi connectivity index (χ1v) is 4.21. The zero-order valence-electron chi connectivity index (χ0n) is 7.01. The number of halogens is 1. The Balaban J connectivity index is 2.19. The monoisotopic (exact) mass is 206 g/mol. The summed E-state index contributed by atoms with van der Waals surface area (Å²) in [5.74, 6) is 0.777. The summed E-state index contributed by atoms with van der Waals surface area (Å²) in [6.45, 7) is 0. The summed E-state index contributed by atoms with van der Waals surface area (Å²) in [4.78, 5) is 11.4. The van der Waals surface area contributed by atoms with Crippen LogP contribution in [0.2, 0.25) is 5.15 Å². The molecule has 0 aliphatic heterocycles. The van der Waals surface area contributed by atoms with E-state index >= 15 is 0 Å². The standard InChI is InChI=1S/C9H5ClN3O/c10-7-2-1-3-9(13-7)14-8-4-5-11-6-12-8/h1-4,6H. The van der Waals surface area contributed by atoms with Crippen LogP contribution in [0.15, 0.2) is 30.6 Å². The third kappa shape index (κ3) is 2.17. The van der Waals surface area contributed by atoms with Crippen molar-refractivity contribution >= 4 is 11.6 Å². The average Bonchev–Trinajstić information content (AvgIpc) is 2.19. The van der Waals surface area contributed by atoms with Crippen LogP contribution < -0.4 is 4.74 Å². The van der Waals surface area contributed by atoms with Gasteiger partial charge in [0.05, 0.1) is 6.20 Å². The maximum atomic E-state index is 5.68. The van der Waals surface area contributed by atoms with E-state index in [1.54, 1.807) is 18.2 Å². The highest BCUT2D eigenvalue weighted by Crippen LogP contribution is 2.17. The molecule has 2 aromatic heterocycles. The van der Waals surface area contributed by atoms with E-state index < -0.39 is 0 Å². The molecule has 0 bridgehead atoms. The van der Waals surface area contributed by atoms with Crippen LogP contribution in [-0.4, -0.2) is 15.0 Å². The molecule has 2 rings (SSSR count). The lowest BCUT2D eigenvalue weighted by Crippen LogP contribution is -1.90. The molecular formula is C9H5ClN3O. The van der Waals surface area contributed by atoms with Gasteiger partial charge in [-0.1, -0.05) is 17.7 Å². The van der Waals surface area contributed by atoms with Crippen molar-refractivity contribution in [1.82, 2.24) is 15.0 Å². The zero-order chi connectivity index (χ0) is 9.80. The third-order valence-corrected chi connectivity index (χ3v) is 1.61. The molecule has 0 N–H and O–H groups in total. The number of pyridine rings is 1. The largest absolute Gasteiger partial charge is 0.421 e. The summed E-state index contributed by atoms with van der Waals surface area (Å²) in [6.07, 6.45) is 3.94. The van der Waals surface area contributed by atoms with Crippen LogP contribution in [0, 0.1) is 6.20 Å². The summed E-state index contributed by atoms with van der Waals surface area (Å²) in [7, 11) is 0. The molecule has 0 atom stereocenters. The SMILES string of the molecule is Clc1cccc(Oc2c[c]ncn2)n1. The van der Waals surface area contributed by atoms with E-state index in [9.17, 15) is 0 Å². The van der Waals surface area contributed by atoms with Crippen molar-refractivity contribution < 1.29 is 4.74 Å². The molecule has 0 unspecified atom stereocenters. The van der Waals surface area contributed by atoms with E-state index in [0.717, 1.165) is 0 Å². The second-order valence-electron chi connectivity index (χ2n) is 2.39. The molecule has 0 aromatic carbocycles. The quantitative estimate of drug-likeness (QED) is 0.707. The molecule has 14 heavy (non-hydrogen) atoms. The number of hydrogen-bond donors (Lipinski definition) is 0. The van der Waals surface area contributed by atoms with Crippen LogP contribution >= 0.6 is 11.6 Å². The predicted octanol–water partition coefficient (Wildman–Crippen LogP) is 2.12. The fourth-order valence-corrected chi connectivity index (χ4v) is 1.01. The fourth-order valence-electron chi connectivity index (χ4n) is 0.858. The summed E-state index contributed by atoms with van der Waals surface area (Å²) in [5, 5.41) is 0.375. The molecule has 5 heteroatoms. The molecule has 69 valence electrons. The third-order valence-electron chi connectivity index (χ3n) is 1.40. The molecule has 0 fully saturated rings. The molecule has 0 saturated carbocycles. The first-order chi connectivity index (χ1) is 6.84. The Morgan fingerprint density at radius 2 is 2.21 bits per heavy atom. The van der Waals surface area contributed by atoms with Gasteiger partial charge in [-0.25, -0.2) is 15.0 Å². The van der Waals surface area contributed by atoms with Gasteiger partial charge in [0, 0.05) is 12.1 Å². The van der Waals surface area contributed by atoms with Gasteiger partial charge in [-0.3, -0.25) is 0 Å². The molecule has 0 spiro atoms. The zero-order valence-corrected chi connectivity index (χ0v) is 7.77. The Labute approximate surface area is 85.6 Å². The second-order valence-corrected chi connectivity index (χ2v) is 2.77. The molecular weight excluding hydrogens is 202 g/mol. The molecule has 0 aliphatic rings. The van der Waals surface area contributed by atoms with Crippen molar-refractivity contribution in [2.75, 3.05) is 0 Å². The lowest BCUT2D eigenvalue weighted by atomic mass is 10.5. The fraction of sp³-hybridized carbons (Fsp3) is 0. The highest BCUT2D eigenvalue weighted by molar-refractivity contribution is 6.29. The number of ether oxygens (including phenoxy) is 1. The Hall–Kier alpha value is -1.68. The highest BCUT2D eigenvalue weighted by atomic mass is 35.5. The van der Waals surface area contributed by atoms with E-state index in [0.29, 0.717) is 16.9 Å². The molecule has 4 nitrogen and oxygen atoms in total. The molecule has 0 aliphatic carbocycles. The van der Waals surface area contributed by atoms with Crippen LogP contribution in [0.5, 0.6) is 11.8 Å². The minimum Gasteiger partial charge on any atom is -0.421 e. The maximum Gasteiger partial charge on any atom is 0.224 e.